The molecule has 0 aliphatic carbocycles. The van der Waals surface area contributed by atoms with Gasteiger partial charge in [0.05, 0.1) is 0 Å². The largest absolute Gasteiger partial charge is 0.358 e. The van der Waals surface area contributed by atoms with Gasteiger partial charge in [-0.2, -0.15) is 0 Å². The first-order valence-corrected chi connectivity index (χ1v) is 5.54. The fraction of sp³-hybridized carbons (Fsp3) is 0.429. The van der Waals surface area contributed by atoms with Gasteiger partial charge in [0.2, 0.25) is 0 Å². The highest BCUT2D eigenvalue weighted by molar-refractivity contribution is 5.70. The Kier molecular flexibility index (Phi) is 2.14. The second-order valence-corrected chi connectivity index (χ2v) is 4.96. The van der Waals surface area contributed by atoms with Crippen molar-refractivity contribution in [2.45, 2.75) is 33.1 Å². The van der Waals surface area contributed by atoms with Crippen molar-refractivity contribution < 1.29 is 0 Å². The highest BCUT2D eigenvalue weighted by atomic mass is 15.0. The molecule has 1 aliphatic rings. The zero-order valence-electron chi connectivity index (χ0n) is 10.0. The summed E-state index contributed by atoms with van der Waals surface area (Å²) in [6, 6.07) is 6.42. The molecule has 1 nitrogen and oxygen atoms in total. The number of aryl methyl sites for hydroxylation is 1. The van der Waals surface area contributed by atoms with Crippen LogP contribution >= 0.6 is 0 Å². The van der Waals surface area contributed by atoms with Gasteiger partial charge in [0, 0.05) is 16.8 Å². The van der Waals surface area contributed by atoms with Crippen LogP contribution in [0.1, 0.15) is 31.9 Å². The SMILES string of the molecule is C=C1Nc2cccc(C)c2[C@@]1(C)C(C)C. The standard InChI is InChI=1S/C14H19N/c1-9(2)14(5)11(4)15-12-8-6-7-10(3)13(12)14/h6-9,15H,4H2,1-3,5H3/t14-/m0/s1. The quantitative estimate of drug-likeness (QED) is 0.727. The lowest BCUT2D eigenvalue weighted by atomic mass is 9.72. The molecule has 1 heterocycles. The molecular formula is C14H19N. The van der Waals surface area contributed by atoms with Crippen LogP contribution in [0.4, 0.5) is 5.69 Å². The predicted molar refractivity (Wildman–Crippen MR) is 66.1 cm³/mol. The van der Waals surface area contributed by atoms with Gasteiger partial charge in [0.15, 0.2) is 0 Å². The second kappa shape index (κ2) is 3.13. The van der Waals surface area contributed by atoms with Crippen LogP contribution in [0.2, 0.25) is 0 Å². The Morgan fingerprint density at radius 1 is 1.33 bits per heavy atom. The summed E-state index contributed by atoms with van der Waals surface area (Å²) in [7, 11) is 0. The van der Waals surface area contributed by atoms with Crippen LogP contribution in [-0.4, -0.2) is 0 Å². The second-order valence-electron chi connectivity index (χ2n) is 4.96. The summed E-state index contributed by atoms with van der Waals surface area (Å²) in [5.74, 6) is 0.555. The molecule has 0 aromatic heterocycles. The monoisotopic (exact) mass is 201 g/mol. The molecule has 0 amide bonds. The summed E-state index contributed by atoms with van der Waals surface area (Å²) >= 11 is 0. The number of allylic oxidation sites excluding steroid dienone is 1. The number of anilines is 1. The summed E-state index contributed by atoms with van der Waals surface area (Å²) in [6.07, 6.45) is 0. The van der Waals surface area contributed by atoms with Gasteiger partial charge >= 0.3 is 0 Å². The highest BCUT2D eigenvalue weighted by Crippen LogP contribution is 2.48. The normalized spacial score (nSPS) is 24.2. The number of hydrogen-bond acceptors (Lipinski definition) is 1. The molecule has 1 heteroatoms. The molecule has 0 unspecified atom stereocenters. The van der Waals surface area contributed by atoms with Gasteiger partial charge in [0.25, 0.3) is 0 Å². The van der Waals surface area contributed by atoms with Crippen LogP contribution in [0, 0.1) is 12.8 Å². The van der Waals surface area contributed by atoms with Crippen LogP contribution in [0.5, 0.6) is 0 Å². The van der Waals surface area contributed by atoms with Gasteiger partial charge in [0.1, 0.15) is 0 Å². The summed E-state index contributed by atoms with van der Waals surface area (Å²) < 4.78 is 0. The van der Waals surface area contributed by atoms with E-state index in [0.29, 0.717) is 5.92 Å². The summed E-state index contributed by atoms with van der Waals surface area (Å²) in [6.45, 7) is 13.2. The van der Waals surface area contributed by atoms with Gasteiger partial charge in [-0.15, -0.1) is 0 Å². The van der Waals surface area contributed by atoms with E-state index in [0.717, 1.165) is 5.70 Å². The van der Waals surface area contributed by atoms with Gasteiger partial charge < -0.3 is 5.32 Å². The maximum Gasteiger partial charge on any atom is 0.0426 e. The van der Waals surface area contributed by atoms with Crippen molar-refractivity contribution in [1.29, 1.82) is 0 Å². The zero-order valence-corrected chi connectivity index (χ0v) is 10.0. The number of hydrogen-bond donors (Lipinski definition) is 1. The van der Waals surface area contributed by atoms with Crippen molar-refractivity contribution in [2.75, 3.05) is 5.32 Å². The molecule has 0 fully saturated rings. The highest BCUT2D eigenvalue weighted by Gasteiger charge is 2.41. The Balaban J connectivity index is 2.68. The lowest BCUT2D eigenvalue weighted by molar-refractivity contribution is 0.410. The van der Waals surface area contributed by atoms with E-state index in [-0.39, 0.29) is 5.41 Å². The maximum atomic E-state index is 4.17. The number of benzene rings is 1. The van der Waals surface area contributed by atoms with Crippen molar-refractivity contribution >= 4 is 5.69 Å². The van der Waals surface area contributed by atoms with E-state index >= 15 is 0 Å². The molecule has 15 heavy (non-hydrogen) atoms. The minimum absolute atomic E-state index is 0.0701. The van der Waals surface area contributed by atoms with Crippen molar-refractivity contribution in [2.24, 2.45) is 5.92 Å². The first-order valence-electron chi connectivity index (χ1n) is 5.54. The van der Waals surface area contributed by atoms with Crippen molar-refractivity contribution in [3.63, 3.8) is 0 Å². The predicted octanol–water partition coefficient (Wildman–Crippen LogP) is 3.85. The lowest BCUT2D eigenvalue weighted by Gasteiger charge is -2.31. The molecular weight excluding hydrogens is 182 g/mol. The molecule has 1 N–H and O–H groups in total. The maximum absolute atomic E-state index is 4.17. The lowest BCUT2D eigenvalue weighted by Crippen LogP contribution is -2.29. The molecule has 1 aromatic rings. The van der Waals surface area contributed by atoms with Crippen molar-refractivity contribution in [3.05, 3.63) is 41.6 Å². The third kappa shape index (κ3) is 1.22. The van der Waals surface area contributed by atoms with Crippen LogP contribution in [0.3, 0.4) is 0 Å². The van der Waals surface area contributed by atoms with Gasteiger partial charge in [-0.1, -0.05) is 32.6 Å². The molecule has 0 saturated carbocycles. The third-order valence-corrected chi connectivity index (χ3v) is 3.86. The molecule has 80 valence electrons. The van der Waals surface area contributed by atoms with Crippen LogP contribution in [-0.2, 0) is 5.41 Å². The van der Waals surface area contributed by atoms with E-state index in [1.165, 1.54) is 16.8 Å². The smallest absolute Gasteiger partial charge is 0.0426 e. The third-order valence-electron chi connectivity index (χ3n) is 3.86. The van der Waals surface area contributed by atoms with Gasteiger partial charge in [-0.25, -0.2) is 0 Å². The first-order chi connectivity index (χ1) is 6.98. The molecule has 0 radical (unpaired) electrons. The fourth-order valence-corrected chi connectivity index (χ4v) is 2.54. The van der Waals surface area contributed by atoms with Crippen molar-refractivity contribution in [3.8, 4) is 0 Å². The number of nitrogens with one attached hydrogen (secondary N) is 1. The van der Waals surface area contributed by atoms with Crippen LogP contribution in [0.15, 0.2) is 30.5 Å². The van der Waals surface area contributed by atoms with Gasteiger partial charge in [-0.3, -0.25) is 0 Å². The molecule has 1 aromatic carbocycles. The molecule has 0 saturated heterocycles. The van der Waals surface area contributed by atoms with Crippen molar-refractivity contribution in [1.82, 2.24) is 0 Å². The van der Waals surface area contributed by atoms with E-state index < -0.39 is 0 Å². The minimum Gasteiger partial charge on any atom is -0.358 e. The fourth-order valence-electron chi connectivity index (χ4n) is 2.54. The van der Waals surface area contributed by atoms with E-state index in [9.17, 15) is 0 Å². The average Bonchev–Trinajstić information content (AvgIpc) is 2.41. The van der Waals surface area contributed by atoms with E-state index in [2.05, 4.69) is 57.8 Å². The Hall–Kier alpha value is -1.24. The molecule has 1 atom stereocenters. The minimum atomic E-state index is 0.0701. The van der Waals surface area contributed by atoms with Crippen LogP contribution < -0.4 is 5.32 Å². The Bertz CT molecular complexity index is 417. The Morgan fingerprint density at radius 2 is 2.00 bits per heavy atom. The molecule has 1 aliphatic heterocycles. The molecule has 0 spiro atoms. The number of fused-ring (bicyclic) bond motifs is 1. The topological polar surface area (TPSA) is 12.0 Å². The Labute approximate surface area is 92.2 Å². The number of rotatable bonds is 1. The average molecular weight is 201 g/mol. The van der Waals surface area contributed by atoms with E-state index in [1.54, 1.807) is 0 Å². The molecule has 2 rings (SSSR count). The van der Waals surface area contributed by atoms with E-state index in [4.69, 9.17) is 0 Å². The summed E-state index contributed by atoms with van der Waals surface area (Å²) in [5, 5.41) is 3.42. The Morgan fingerprint density at radius 3 is 2.60 bits per heavy atom. The van der Waals surface area contributed by atoms with Crippen LogP contribution in [0.25, 0.3) is 0 Å². The first kappa shape index (κ1) is 10.3. The summed E-state index contributed by atoms with van der Waals surface area (Å²) in [5.41, 5.74) is 5.21. The van der Waals surface area contributed by atoms with E-state index in [1.807, 2.05) is 0 Å². The summed E-state index contributed by atoms with van der Waals surface area (Å²) in [4.78, 5) is 0. The van der Waals surface area contributed by atoms with Gasteiger partial charge in [-0.05, 0) is 37.0 Å². The zero-order chi connectivity index (χ0) is 11.2. The molecule has 0 bridgehead atoms.